The van der Waals surface area contributed by atoms with Crippen LogP contribution in [0.3, 0.4) is 0 Å². The van der Waals surface area contributed by atoms with Crippen LogP contribution in [0.25, 0.3) is 0 Å². The minimum Gasteiger partial charge on any atom is -0.309 e. The molecule has 5 nitrogen and oxygen atoms in total. The van der Waals surface area contributed by atoms with E-state index in [4.69, 9.17) is 11.6 Å². The zero-order valence-corrected chi connectivity index (χ0v) is 13.6. The van der Waals surface area contributed by atoms with Gasteiger partial charge >= 0.3 is 0 Å². The standard InChI is InChI=1S/C13H20ClN5S/c1-4-6-15-10(12-8-16-18-20-12)7-11-13(14)9(5-2)17-19(11)3/h8,10,15H,4-7H2,1-3H3. The van der Waals surface area contributed by atoms with Crippen molar-refractivity contribution in [1.29, 1.82) is 0 Å². The molecule has 0 fully saturated rings. The Kier molecular flexibility index (Phi) is 5.51. The van der Waals surface area contributed by atoms with Crippen molar-refractivity contribution in [3.63, 3.8) is 0 Å². The minimum atomic E-state index is 0.188. The van der Waals surface area contributed by atoms with Crippen molar-refractivity contribution in [2.24, 2.45) is 7.05 Å². The average molecular weight is 314 g/mol. The number of nitrogens with one attached hydrogen (secondary N) is 1. The Hall–Kier alpha value is -0.980. The van der Waals surface area contributed by atoms with Crippen LogP contribution < -0.4 is 5.32 Å². The third-order valence-electron chi connectivity index (χ3n) is 3.26. The summed E-state index contributed by atoms with van der Waals surface area (Å²) in [5.41, 5.74) is 2.02. The molecule has 2 aromatic heterocycles. The summed E-state index contributed by atoms with van der Waals surface area (Å²) in [7, 11) is 1.95. The SMILES string of the molecule is CCCNC(Cc1c(Cl)c(CC)nn1C)c1cnns1. The first-order valence-corrected chi connectivity index (χ1v) is 8.03. The van der Waals surface area contributed by atoms with E-state index in [1.54, 1.807) is 0 Å². The first-order chi connectivity index (χ1) is 9.67. The smallest absolute Gasteiger partial charge is 0.0850 e. The van der Waals surface area contributed by atoms with E-state index in [9.17, 15) is 0 Å². The Morgan fingerprint density at radius 3 is 2.80 bits per heavy atom. The van der Waals surface area contributed by atoms with E-state index in [1.165, 1.54) is 11.5 Å². The molecule has 0 amide bonds. The molecule has 2 rings (SSSR count). The molecule has 0 aliphatic heterocycles. The van der Waals surface area contributed by atoms with Crippen LogP contribution in [0.5, 0.6) is 0 Å². The summed E-state index contributed by atoms with van der Waals surface area (Å²) in [6.45, 7) is 5.18. The van der Waals surface area contributed by atoms with Gasteiger partial charge in [0.15, 0.2) is 0 Å². The maximum Gasteiger partial charge on any atom is 0.0850 e. The summed E-state index contributed by atoms with van der Waals surface area (Å²) >= 11 is 7.86. The normalized spacial score (nSPS) is 12.8. The van der Waals surface area contributed by atoms with Gasteiger partial charge in [0.05, 0.1) is 33.5 Å². The monoisotopic (exact) mass is 313 g/mol. The van der Waals surface area contributed by atoms with E-state index in [0.29, 0.717) is 0 Å². The second-order valence-electron chi connectivity index (χ2n) is 4.72. The van der Waals surface area contributed by atoms with Gasteiger partial charge in [0, 0.05) is 13.5 Å². The highest BCUT2D eigenvalue weighted by Crippen LogP contribution is 2.27. The Bertz CT molecular complexity index is 537. The van der Waals surface area contributed by atoms with Gasteiger partial charge in [0.25, 0.3) is 0 Å². The van der Waals surface area contributed by atoms with Gasteiger partial charge in [-0.25, -0.2) is 0 Å². The zero-order valence-electron chi connectivity index (χ0n) is 12.1. The molecule has 0 bridgehead atoms. The van der Waals surface area contributed by atoms with E-state index in [-0.39, 0.29) is 6.04 Å². The Morgan fingerprint density at radius 2 is 2.25 bits per heavy atom. The molecular formula is C13H20ClN5S. The molecule has 2 heterocycles. The summed E-state index contributed by atoms with van der Waals surface area (Å²) in [6.07, 6.45) is 4.55. The maximum atomic E-state index is 6.43. The van der Waals surface area contributed by atoms with Crippen molar-refractivity contribution in [2.45, 2.75) is 39.2 Å². The number of nitrogens with zero attached hydrogens (tertiary/aromatic N) is 4. The van der Waals surface area contributed by atoms with Crippen molar-refractivity contribution < 1.29 is 0 Å². The molecule has 0 aliphatic rings. The summed E-state index contributed by atoms with van der Waals surface area (Å²) in [6, 6.07) is 0.188. The largest absolute Gasteiger partial charge is 0.309 e. The first kappa shape index (κ1) is 15.4. The van der Waals surface area contributed by atoms with Crippen molar-refractivity contribution in [3.8, 4) is 0 Å². The van der Waals surface area contributed by atoms with Gasteiger partial charge < -0.3 is 5.32 Å². The van der Waals surface area contributed by atoms with Crippen LogP contribution in [-0.2, 0) is 19.9 Å². The number of aromatic nitrogens is 4. The molecule has 110 valence electrons. The molecule has 1 N–H and O–H groups in total. The summed E-state index contributed by atoms with van der Waals surface area (Å²) in [4.78, 5) is 1.13. The third-order valence-corrected chi connectivity index (χ3v) is 4.48. The lowest BCUT2D eigenvalue weighted by Gasteiger charge is -2.16. The number of rotatable bonds is 7. The molecule has 7 heteroatoms. The number of hydrogen-bond acceptors (Lipinski definition) is 5. The molecule has 2 aromatic rings. The topological polar surface area (TPSA) is 55.6 Å². The van der Waals surface area contributed by atoms with Crippen LogP contribution in [0.2, 0.25) is 5.02 Å². The average Bonchev–Trinajstić information content (AvgIpc) is 3.05. The predicted octanol–water partition coefficient (Wildman–Crippen LogP) is 2.77. The van der Waals surface area contributed by atoms with Crippen LogP contribution in [-0.4, -0.2) is 25.9 Å². The van der Waals surface area contributed by atoms with Crippen LogP contribution >= 0.6 is 23.1 Å². The van der Waals surface area contributed by atoms with Crippen LogP contribution in [0.15, 0.2) is 6.20 Å². The van der Waals surface area contributed by atoms with E-state index < -0.39 is 0 Å². The third kappa shape index (κ3) is 3.37. The quantitative estimate of drug-likeness (QED) is 0.854. The number of aryl methyl sites for hydroxylation is 2. The fraction of sp³-hybridized carbons (Fsp3) is 0.615. The zero-order chi connectivity index (χ0) is 14.5. The Balaban J connectivity index is 2.21. The molecule has 0 spiro atoms. The van der Waals surface area contributed by atoms with E-state index in [1.807, 2.05) is 17.9 Å². The fourth-order valence-corrected chi connectivity index (χ4v) is 3.10. The molecule has 0 saturated heterocycles. The molecule has 1 atom stereocenters. The number of hydrogen-bond donors (Lipinski definition) is 1. The van der Waals surface area contributed by atoms with Crippen molar-refractivity contribution in [1.82, 2.24) is 24.7 Å². The van der Waals surface area contributed by atoms with Crippen LogP contribution in [0, 0.1) is 0 Å². The summed E-state index contributed by atoms with van der Waals surface area (Å²) < 4.78 is 5.84. The molecule has 0 aliphatic carbocycles. The molecule has 0 radical (unpaired) electrons. The molecule has 20 heavy (non-hydrogen) atoms. The highest BCUT2D eigenvalue weighted by Gasteiger charge is 2.20. The lowest BCUT2D eigenvalue weighted by Crippen LogP contribution is -2.24. The van der Waals surface area contributed by atoms with Gasteiger partial charge in [-0.15, -0.1) is 5.10 Å². The Labute approximate surface area is 128 Å². The lowest BCUT2D eigenvalue weighted by molar-refractivity contribution is 0.518. The maximum absolute atomic E-state index is 6.43. The van der Waals surface area contributed by atoms with Gasteiger partial charge in [-0.2, -0.15) is 5.10 Å². The Morgan fingerprint density at radius 1 is 1.45 bits per heavy atom. The lowest BCUT2D eigenvalue weighted by atomic mass is 10.1. The van der Waals surface area contributed by atoms with E-state index >= 15 is 0 Å². The molecule has 1 unspecified atom stereocenters. The van der Waals surface area contributed by atoms with Gasteiger partial charge in [0.2, 0.25) is 0 Å². The second kappa shape index (κ2) is 7.15. The van der Waals surface area contributed by atoms with Crippen molar-refractivity contribution in [3.05, 3.63) is 27.5 Å². The van der Waals surface area contributed by atoms with Gasteiger partial charge in [-0.05, 0) is 30.9 Å². The van der Waals surface area contributed by atoms with Gasteiger partial charge in [-0.1, -0.05) is 29.9 Å². The first-order valence-electron chi connectivity index (χ1n) is 6.88. The molecule has 0 saturated carbocycles. The van der Waals surface area contributed by atoms with E-state index in [2.05, 4.69) is 33.8 Å². The van der Waals surface area contributed by atoms with Crippen molar-refractivity contribution in [2.75, 3.05) is 6.54 Å². The van der Waals surface area contributed by atoms with Gasteiger partial charge in [-0.3, -0.25) is 4.68 Å². The molecule has 0 aromatic carbocycles. The molecular weight excluding hydrogens is 294 g/mol. The van der Waals surface area contributed by atoms with Gasteiger partial charge in [0.1, 0.15) is 0 Å². The summed E-state index contributed by atoms with van der Waals surface area (Å²) in [5, 5.41) is 12.7. The summed E-state index contributed by atoms with van der Waals surface area (Å²) in [5.74, 6) is 0. The highest BCUT2D eigenvalue weighted by atomic mass is 35.5. The predicted molar refractivity (Wildman–Crippen MR) is 82.2 cm³/mol. The minimum absolute atomic E-state index is 0.188. The highest BCUT2D eigenvalue weighted by molar-refractivity contribution is 7.05. The van der Waals surface area contributed by atoms with E-state index in [0.717, 1.165) is 47.1 Å². The number of halogens is 1. The van der Waals surface area contributed by atoms with Crippen LogP contribution in [0.4, 0.5) is 0 Å². The van der Waals surface area contributed by atoms with Crippen LogP contribution in [0.1, 0.15) is 42.6 Å². The second-order valence-corrected chi connectivity index (χ2v) is 5.91. The van der Waals surface area contributed by atoms with Crippen molar-refractivity contribution >= 4 is 23.1 Å². The fourth-order valence-electron chi connectivity index (χ4n) is 2.16.